The first-order valence-corrected chi connectivity index (χ1v) is 9.18. The minimum atomic E-state index is -0.0318. The maximum Gasteiger partial charge on any atom is 0.224 e. The molecule has 0 radical (unpaired) electrons. The second kappa shape index (κ2) is 7.50. The van der Waals surface area contributed by atoms with Gasteiger partial charge in [-0.2, -0.15) is 0 Å². The number of carbonyl (C=O) groups is 1. The molecule has 26 heavy (non-hydrogen) atoms. The van der Waals surface area contributed by atoms with E-state index in [0.717, 1.165) is 18.4 Å². The molecule has 1 fully saturated rings. The summed E-state index contributed by atoms with van der Waals surface area (Å²) in [6.45, 7) is 2.79. The number of amides is 1. The third-order valence-electron chi connectivity index (χ3n) is 5.64. The fourth-order valence-corrected chi connectivity index (χ4v) is 3.57. The first kappa shape index (κ1) is 18.5. The Hall–Kier alpha value is -2.33. The first-order valence-electron chi connectivity index (χ1n) is 9.18. The highest BCUT2D eigenvalue weighted by Gasteiger charge is 2.55. The number of nitrogens with zero attached hydrogens (tertiary/aromatic N) is 1. The van der Waals surface area contributed by atoms with Crippen LogP contribution in [0.2, 0.25) is 0 Å². The summed E-state index contributed by atoms with van der Waals surface area (Å²) >= 11 is 0. The van der Waals surface area contributed by atoms with Crippen molar-refractivity contribution in [2.24, 2.45) is 5.92 Å². The second-order valence-electron chi connectivity index (χ2n) is 7.77. The van der Waals surface area contributed by atoms with Crippen LogP contribution < -0.4 is 5.32 Å². The van der Waals surface area contributed by atoms with Crippen LogP contribution in [0, 0.1) is 5.92 Å². The lowest BCUT2D eigenvalue weighted by Crippen LogP contribution is -2.42. The van der Waals surface area contributed by atoms with Gasteiger partial charge < -0.3 is 15.3 Å². The second-order valence-corrected chi connectivity index (χ2v) is 7.77. The van der Waals surface area contributed by atoms with Gasteiger partial charge in [-0.05, 0) is 50.2 Å². The van der Waals surface area contributed by atoms with Crippen LogP contribution in [-0.4, -0.2) is 42.6 Å². The van der Waals surface area contributed by atoms with Gasteiger partial charge in [0, 0.05) is 23.9 Å². The number of phenolic OH excluding ortho intramolecular Hbond substituents is 1. The molecule has 2 aromatic rings. The van der Waals surface area contributed by atoms with Crippen LogP contribution >= 0.6 is 0 Å². The maximum absolute atomic E-state index is 12.7. The summed E-state index contributed by atoms with van der Waals surface area (Å²) in [5, 5.41) is 12.6. The molecule has 0 spiro atoms. The van der Waals surface area contributed by atoms with Crippen molar-refractivity contribution < 1.29 is 9.90 Å². The number of aromatic hydroxyl groups is 1. The van der Waals surface area contributed by atoms with Gasteiger partial charge in [-0.1, -0.05) is 49.4 Å². The Morgan fingerprint density at radius 2 is 1.85 bits per heavy atom. The standard InChI is InChI=1S/C22H28N2O2/c1-22(17-7-5-4-6-8-17)14-20(22)21(26)23-15-18(24(2)3)13-16-9-11-19(25)12-10-16/h4-12,18,20,25H,13-15H2,1-3H3,(H,23,26)/t18-,20-,22-/m0/s1. The molecule has 3 atom stereocenters. The highest BCUT2D eigenvalue weighted by Crippen LogP contribution is 2.53. The van der Waals surface area contributed by atoms with Crippen molar-refractivity contribution in [3.63, 3.8) is 0 Å². The fourth-order valence-electron chi connectivity index (χ4n) is 3.57. The minimum Gasteiger partial charge on any atom is -0.508 e. The summed E-state index contributed by atoms with van der Waals surface area (Å²) in [7, 11) is 4.06. The molecule has 2 aromatic carbocycles. The number of nitrogens with one attached hydrogen (secondary N) is 1. The Kier molecular flexibility index (Phi) is 5.33. The quantitative estimate of drug-likeness (QED) is 0.805. The van der Waals surface area contributed by atoms with Crippen molar-refractivity contribution in [2.75, 3.05) is 20.6 Å². The fraction of sp³-hybridized carbons (Fsp3) is 0.409. The predicted molar refractivity (Wildman–Crippen MR) is 104 cm³/mol. The maximum atomic E-state index is 12.7. The summed E-state index contributed by atoms with van der Waals surface area (Å²) in [6, 6.07) is 17.8. The Morgan fingerprint density at radius 3 is 2.46 bits per heavy atom. The molecular weight excluding hydrogens is 324 g/mol. The van der Waals surface area contributed by atoms with Crippen LogP contribution in [0.15, 0.2) is 54.6 Å². The molecule has 2 N–H and O–H groups in total. The van der Waals surface area contributed by atoms with E-state index in [9.17, 15) is 9.90 Å². The van der Waals surface area contributed by atoms with Crippen molar-refractivity contribution >= 4 is 5.91 Å². The number of rotatable bonds is 7. The van der Waals surface area contributed by atoms with Gasteiger partial charge in [-0.25, -0.2) is 0 Å². The largest absolute Gasteiger partial charge is 0.508 e. The molecule has 0 unspecified atom stereocenters. The van der Waals surface area contributed by atoms with E-state index in [1.165, 1.54) is 5.56 Å². The summed E-state index contributed by atoms with van der Waals surface area (Å²) in [4.78, 5) is 14.8. The Balaban J connectivity index is 1.56. The molecule has 1 aliphatic rings. The topological polar surface area (TPSA) is 52.6 Å². The van der Waals surface area contributed by atoms with Crippen LogP contribution in [-0.2, 0) is 16.6 Å². The summed E-state index contributed by atoms with van der Waals surface area (Å²) < 4.78 is 0. The highest BCUT2D eigenvalue weighted by atomic mass is 16.3. The number of hydrogen-bond donors (Lipinski definition) is 2. The molecule has 4 nitrogen and oxygen atoms in total. The number of hydrogen-bond acceptors (Lipinski definition) is 3. The normalized spacial score (nSPS) is 22.8. The lowest BCUT2D eigenvalue weighted by atomic mass is 9.95. The highest BCUT2D eigenvalue weighted by molar-refractivity contribution is 5.84. The van der Waals surface area contributed by atoms with E-state index < -0.39 is 0 Å². The van der Waals surface area contributed by atoms with E-state index in [0.29, 0.717) is 6.54 Å². The number of phenols is 1. The van der Waals surface area contributed by atoms with Crippen molar-refractivity contribution in [1.29, 1.82) is 0 Å². The van der Waals surface area contributed by atoms with Gasteiger partial charge in [-0.3, -0.25) is 4.79 Å². The van der Waals surface area contributed by atoms with Gasteiger partial charge >= 0.3 is 0 Å². The molecule has 0 bridgehead atoms. The van der Waals surface area contributed by atoms with Gasteiger partial charge in [0.25, 0.3) is 0 Å². The summed E-state index contributed by atoms with van der Waals surface area (Å²) in [5.41, 5.74) is 2.36. The zero-order chi connectivity index (χ0) is 18.7. The zero-order valence-corrected chi connectivity index (χ0v) is 15.8. The molecule has 0 aromatic heterocycles. The van der Waals surface area contributed by atoms with Crippen molar-refractivity contribution in [3.8, 4) is 5.75 Å². The predicted octanol–water partition coefficient (Wildman–Crippen LogP) is 2.96. The molecule has 4 heteroatoms. The lowest BCUT2D eigenvalue weighted by molar-refractivity contribution is -0.122. The van der Waals surface area contributed by atoms with Crippen molar-refractivity contribution in [2.45, 2.75) is 31.2 Å². The van der Waals surface area contributed by atoms with E-state index >= 15 is 0 Å². The average Bonchev–Trinajstić information content (AvgIpc) is 3.34. The van der Waals surface area contributed by atoms with E-state index in [1.807, 2.05) is 44.4 Å². The summed E-state index contributed by atoms with van der Waals surface area (Å²) in [5.74, 6) is 0.479. The van der Waals surface area contributed by atoms with Crippen LogP contribution in [0.5, 0.6) is 5.75 Å². The molecule has 1 amide bonds. The van der Waals surface area contributed by atoms with Gasteiger partial charge in [-0.15, -0.1) is 0 Å². The Morgan fingerprint density at radius 1 is 1.19 bits per heavy atom. The van der Waals surface area contributed by atoms with E-state index in [2.05, 4.69) is 29.3 Å². The van der Waals surface area contributed by atoms with Gasteiger partial charge in [0.05, 0.1) is 0 Å². The van der Waals surface area contributed by atoms with Crippen LogP contribution in [0.4, 0.5) is 0 Å². The van der Waals surface area contributed by atoms with Crippen LogP contribution in [0.3, 0.4) is 0 Å². The molecule has 138 valence electrons. The average molecular weight is 352 g/mol. The third kappa shape index (κ3) is 4.07. The van der Waals surface area contributed by atoms with Crippen molar-refractivity contribution in [3.05, 3.63) is 65.7 Å². The molecule has 1 aliphatic carbocycles. The molecular formula is C22H28N2O2. The molecule has 1 saturated carbocycles. The van der Waals surface area contributed by atoms with Gasteiger partial charge in [0.1, 0.15) is 5.75 Å². The Labute approximate surface area is 155 Å². The molecule has 3 rings (SSSR count). The van der Waals surface area contributed by atoms with E-state index in [-0.39, 0.29) is 29.0 Å². The van der Waals surface area contributed by atoms with E-state index in [4.69, 9.17) is 0 Å². The number of benzene rings is 2. The minimum absolute atomic E-state index is 0.0318. The molecule has 0 aliphatic heterocycles. The van der Waals surface area contributed by atoms with Crippen LogP contribution in [0.25, 0.3) is 0 Å². The van der Waals surface area contributed by atoms with Crippen molar-refractivity contribution in [1.82, 2.24) is 10.2 Å². The van der Waals surface area contributed by atoms with Gasteiger partial charge in [0.15, 0.2) is 0 Å². The Bertz CT molecular complexity index is 742. The zero-order valence-electron chi connectivity index (χ0n) is 15.8. The SMILES string of the molecule is CN(C)[C@H](CNC(=O)[C@@H]1C[C@@]1(C)c1ccccc1)Cc1ccc(O)cc1. The lowest BCUT2D eigenvalue weighted by Gasteiger charge is -2.25. The summed E-state index contributed by atoms with van der Waals surface area (Å²) in [6.07, 6.45) is 1.74. The molecule has 0 heterocycles. The number of likely N-dealkylation sites (N-methyl/N-ethyl adjacent to an activating group) is 1. The van der Waals surface area contributed by atoms with Gasteiger partial charge in [0.2, 0.25) is 5.91 Å². The smallest absolute Gasteiger partial charge is 0.224 e. The number of carbonyl (C=O) groups excluding carboxylic acids is 1. The molecule has 0 saturated heterocycles. The van der Waals surface area contributed by atoms with E-state index in [1.54, 1.807) is 12.1 Å². The monoisotopic (exact) mass is 352 g/mol. The van der Waals surface area contributed by atoms with Crippen LogP contribution in [0.1, 0.15) is 24.5 Å². The first-order chi connectivity index (χ1) is 12.4. The third-order valence-corrected chi connectivity index (χ3v) is 5.64.